The van der Waals surface area contributed by atoms with Crippen molar-refractivity contribution in [1.82, 2.24) is 10.6 Å². The quantitative estimate of drug-likeness (QED) is 0.167. The Kier molecular flexibility index (Phi) is 10.2. The molecule has 0 aromatic carbocycles. The van der Waals surface area contributed by atoms with Crippen molar-refractivity contribution in [3.05, 3.63) is 0 Å². The molecule has 10 heteroatoms. The van der Waals surface area contributed by atoms with Gasteiger partial charge in [0.1, 0.15) is 11.6 Å². The number of rotatable bonds is 12. The van der Waals surface area contributed by atoms with Crippen LogP contribution in [0.15, 0.2) is 0 Å². The average Bonchev–Trinajstić information content (AvgIpc) is 2.57. The van der Waals surface area contributed by atoms with Crippen LogP contribution in [-0.4, -0.2) is 80.6 Å². The minimum absolute atomic E-state index is 0.0543. The van der Waals surface area contributed by atoms with E-state index in [1.54, 1.807) is 20.8 Å². The molecule has 0 saturated heterocycles. The molecule has 26 heavy (non-hydrogen) atoms. The van der Waals surface area contributed by atoms with E-state index in [1.165, 1.54) is 0 Å². The molecule has 0 spiro atoms. The normalized spacial score (nSPS) is 14.8. The lowest BCUT2D eigenvalue weighted by atomic mass is 9.82. The van der Waals surface area contributed by atoms with Crippen LogP contribution in [0.3, 0.4) is 0 Å². The summed E-state index contributed by atoms with van der Waals surface area (Å²) in [6, 6.07) is -2.65. The zero-order chi connectivity index (χ0) is 20.5. The predicted molar refractivity (Wildman–Crippen MR) is 93.6 cm³/mol. The Morgan fingerprint density at radius 3 is 2.00 bits per heavy atom. The molecular formula is C16H33N3O7. The first-order chi connectivity index (χ1) is 12.0. The lowest BCUT2D eigenvalue weighted by Crippen LogP contribution is -2.73. The summed E-state index contributed by atoms with van der Waals surface area (Å²) in [7, 11) is 0. The van der Waals surface area contributed by atoms with Crippen molar-refractivity contribution in [2.24, 2.45) is 11.7 Å². The van der Waals surface area contributed by atoms with Crippen LogP contribution >= 0.6 is 0 Å². The number of carbonyl (C=O) groups is 2. The van der Waals surface area contributed by atoms with Crippen molar-refractivity contribution in [2.75, 3.05) is 19.8 Å². The van der Waals surface area contributed by atoms with Crippen molar-refractivity contribution in [3.8, 4) is 0 Å². The Hall–Kier alpha value is -1.30. The van der Waals surface area contributed by atoms with Gasteiger partial charge in [-0.25, -0.2) is 0 Å². The number of aliphatic hydroxyl groups is 5. The highest BCUT2D eigenvalue weighted by atomic mass is 16.5. The molecule has 2 atom stereocenters. The van der Waals surface area contributed by atoms with E-state index < -0.39 is 55.0 Å². The first-order valence-electron chi connectivity index (χ1n) is 8.64. The fourth-order valence-electron chi connectivity index (χ4n) is 2.38. The summed E-state index contributed by atoms with van der Waals surface area (Å²) in [6.07, 6.45) is 0.781. The third kappa shape index (κ3) is 6.45. The summed E-state index contributed by atoms with van der Waals surface area (Å²) < 4.78 is 0. The van der Waals surface area contributed by atoms with Gasteiger partial charge < -0.3 is 41.9 Å². The van der Waals surface area contributed by atoms with Crippen molar-refractivity contribution in [3.63, 3.8) is 0 Å². The van der Waals surface area contributed by atoms with Crippen LogP contribution in [-0.2, 0) is 9.59 Å². The van der Waals surface area contributed by atoms with E-state index in [0.717, 1.165) is 0 Å². The number of amides is 2. The topological polar surface area (TPSA) is 185 Å². The SMILES string of the molecule is CCCC(=O)N[C@@H](CO)C(=O)N[C@@H](CC(C)C)C(O)(O)C(N)(CO)CO. The highest BCUT2D eigenvalue weighted by molar-refractivity contribution is 5.87. The maximum Gasteiger partial charge on any atom is 0.245 e. The lowest BCUT2D eigenvalue weighted by Gasteiger charge is -2.44. The number of aliphatic hydroxyl groups excluding tert-OH is 3. The standard InChI is InChI=1S/C16H33N3O7/c1-4-5-13(23)18-11(7-20)14(24)19-12(6-10(2)3)16(25,26)15(17,8-21)9-22/h10-12,20-22,25-26H,4-9,17H2,1-3H3,(H,18,23)(H,19,24)/t11-,12-/m0/s1. The minimum Gasteiger partial charge on any atom is -0.394 e. The lowest BCUT2D eigenvalue weighted by molar-refractivity contribution is -0.246. The van der Waals surface area contributed by atoms with E-state index in [2.05, 4.69) is 10.6 Å². The van der Waals surface area contributed by atoms with Crippen molar-refractivity contribution < 1.29 is 35.1 Å². The zero-order valence-electron chi connectivity index (χ0n) is 15.6. The molecule has 10 nitrogen and oxygen atoms in total. The summed E-state index contributed by atoms with van der Waals surface area (Å²) in [5, 5.41) is 53.7. The highest BCUT2D eigenvalue weighted by Crippen LogP contribution is 2.25. The van der Waals surface area contributed by atoms with Crippen molar-refractivity contribution in [1.29, 1.82) is 0 Å². The Balaban J connectivity index is 5.43. The van der Waals surface area contributed by atoms with Crippen LogP contribution in [0.2, 0.25) is 0 Å². The smallest absolute Gasteiger partial charge is 0.245 e. The van der Waals surface area contributed by atoms with Crippen molar-refractivity contribution >= 4 is 11.8 Å². The summed E-state index contributed by atoms with van der Waals surface area (Å²) in [5.74, 6) is -4.22. The number of hydrogen-bond donors (Lipinski definition) is 8. The molecule has 2 amide bonds. The van der Waals surface area contributed by atoms with Crippen molar-refractivity contribution in [2.45, 2.75) is 63.4 Å². The third-order valence-corrected chi connectivity index (χ3v) is 4.12. The van der Waals surface area contributed by atoms with Gasteiger partial charge in [-0.3, -0.25) is 9.59 Å². The van der Waals surface area contributed by atoms with Gasteiger partial charge >= 0.3 is 0 Å². The first-order valence-corrected chi connectivity index (χ1v) is 8.64. The predicted octanol–water partition coefficient (Wildman–Crippen LogP) is -2.84. The second kappa shape index (κ2) is 10.8. The van der Waals surface area contributed by atoms with E-state index in [-0.39, 0.29) is 18.8 Å². The molecule has 0 bridgehead atoms. The fraction of sp³-hybridized carbons (Fsp3) is 0.875. The average molecular weight is 379 g/mol. The molecule has 0 unspecified atom stereocenters. The van der Waals surface area contributed by atoms with Crippen LogP contribution in [0, 0.1) is 5.92 Å². The summed E-state index contributed by atoms with van der Waals surface area (Å²) in [5.41, 5.74) is 3.49. The zero-order valence-corrected chi connectivity index (χ0v) is 15.6. The van der Waals surface area contributed by atoms with Crippen LogP contribution in [0.1, 0.15) is 40.0 Å². The second-order valence-corrected chi connectivity index (χ2v) is 6.94. The van der Waals surface area contributed by atoms with Crippen LogP contribution < -0.4 is 16.4 Å². The van der Waals surface area contributed by atoms with Crippen LogP contribution in [0.5, 0.6) is 0 Å². The maximum absolute atomic E-state index is 12.4. The van der Waals surface area contributed by atoms with Gasteiger partial charge in [0.05, 0.1) is 25.9 Å². The van der Waals surface area contributed by atoms with Gasteiger partial charge in [-0.2, -0.15) is 0 Å². The number of hydrogen-bond acceptors (Lipinski definition) is 8. The summed E-state index contributed by atoms with van der Waals surface area (Å²) in [4.78, 5) is 24.0. The summed E-state index contributed by atoms with van der Waals surface area (Å²) >= 11 is 0. The first kappa shape index (κ1) is 24.7. The van der Waals surface area contributed by atoms with Gasteiger partial charge in [0.25, 0.3) is 0 Å². The van der Waals surface area contributed by atoms with Gasteiger partial charge in [0, 0.05) is 6.42 Å². The van der Waals surface area contributed by atoms with Crippen LogP contribution in [0.4, 0.5) is 0 Å². The molecular weight excluding hydrogens is 346 g/mol. The number of nitrogens with two attached hydrogens (primary N) is 1. The van der Waals surface area contributed by atoms with E-state index in [1.807, 2.05) is 0 Å². The minimum atomic E-state index is -2.84. The summed E-state index contributed by atoms with van der Waals surface area (Å²) in [6.45, 7) is 2.72. The Bertz CT molecular complexity index is 453. The van der Waals surface area contributed by atoms with E-state index >= 15 is 0 Å². The molecule has 0 aromatic heterocycles. The van der Waals surface area contributed by atoms with Gasteiger partial charge in [0.2, 0.25) is 17.6 Å². The largest absolute Gasteiger partial charge is 0.394 e. The number of nitrogens with one attached hydrogen (secondary N) is 2. The molecule has 0 aliphatic heterocycles. The molecule has 0 aromatic rings. The molecule has 0 saturated carbocycles. The molecule has 0 fully saturated rings. The molecule has 0 radical (unpaired) electrons. The maximum atomic E-state index is 12.4. The van der Waals surface area contributed by atoms with E-state index in [0.29, 0.717) is 6.42 Å². The molecule has 154 valence electrons. The van der Waals surface area contributed by atoms with Gasteiger partial charge in [-0.1, -0.05) is 20.8 Å². The molecule has 0 rings (SSSR count). The van der Waals surface area contributed by atoms with Gasteiger partial charge in [-0.05, 0) is 18.8 Å². The Labute approximate surface area is 153 Å². The van der Waals surface area contributed by atoms with E-state index in [9.17, 15) is 35.1 Å². The molecule has 9 N–H and O–H groups in total. The van der Waals surface area contributed by atoms with Crippen LogP contribution in [0.25, 0.3) is 0 Å². The van der Waals surface area contributed by atoms with Gasteiger partial charge in [-0.15, -0.1) is 0 Å². The molecule has 0 aliphatic rings. The molecule has 0 aliphatic carbocycles. The Morgan fingerprint density at radius 1 is 1.08 bits per heavy atom. The molecule has 0 heterocycles. The monoisotopic (exact) mass is 379 g/mol. The number of carbonyl (C=O) groups excluding carboxylic acids is 2. The second-order valence-electron chi connectivity index (χ2n) is 6.94. The fourth-order valence-corrected chi connectivity index (χ4v) is 2.38. The Morgan fingerprint density at radius 2 is 1.62 bits per heavy atom. The van der Waals surface area contributed by atoms with Gasteiger partial charge in [0.15, 0.2) is 0 Å². The van der Waals surface area contributed by atoms with E-state index in [4.69, 9.17) is 5.73 Å². The third-order valence-electron chi connectivity index (χ3n) is 4.12. The highest BCUT2D eigenvalue weighted by Gasteiger charge is 2.52.